The number of nitrogens with one attached hydrogen (secondary N) is 2. The Morgan fingerprint density at radius 3 is 2.76 bits per heavy atom. The van der Waals surface area contributed by atoms with E-state index < -0.39 is 31.0 Å². The molecule has 0 aliphatic carbocycles. The van der Waals surface area contributed by atoms with Gasteiger partial charge in [0.2, 0.25) is 0 Å². The van der Waals surface area contributed by atoms with Crippen molar-refractivity contribution in [3.05, 3.63) is 35.0 Å². The Morgan fingerprint density at radius 2 is 2.05 bits per heavy atom. The second kappa shape index (κ2) is 12.6. The lowest BCUT2D eigenvalue weighted by molar-refractivity contribution is -0.149. The second-order valence-corrected chi connectivity index (χ2v) is 12.3. The Labute approximate surface area is 219 Å². The van der Waals surface area contributed by atoms with Gasteiger partial charge >= 0.3 is 5.97 Å². The van der Waals surface area contributed by atoms with Crippen LogP contribution in [0.25, 0.3) is 11.2 Å². The van der Waals surface area contributed by atoms with Crippen LogP contribution in [0, 0.1) is 0 Å². The van der Waals surface area contributed by atoms with Crippen molar-refractivity contribution in [3.8, 4) is 0 Å². The van der Waals surface area contributed by atoms with Crippen molar-refractivity contribution in [2.45, 2.75) is 65.1 Å². The Morgan fingerprint density at radius 1 is 1.27 bits per heavy atom. The molecule has 0 aliphatic rings. The Hall–Kier alpha value is -2.86. The highest BCUT2D eigenvalue weighted by Gasteiger charge is 2.39. The number of hydrogen-bond acceptors (Lipinski definition) is 10. The first-order valence-corrected chi connectivity index (χ1v) is 14.8. The summed E-state index contributed by atoms with van der Waals surface area (Å²) in [5.74, 6) is -0.822. The lowest BCUT2D eigenvalue weighted by atomic mass is 10.1. The number of aromatic nitrogens is 4. The van der Waals surface area contributed by atoms with Crippen LogP contribution in [0.3, 0.4) is 0 Å². The largest absolute Gasteiger partial charge is 0.464 e. The van der Waals surface area contributed by atoms with E-state index in [4.69, 9.17) is 15.2 Å². The van der Waals surface area contributed by atoms with E-state index in [0.29, 0.717) is 22.6 Å². The molecule has 3 rings (SSSR count). The van der Waals surface area contributed by atoms with Crippen molar-refractivity contribution in [2.24, 2.45) is 0 Å². The highest BCUT2D eigenvalue weighted by atomic mass is 32.1. The zero-order valence-corrected chi connectivity index (χ0v) is 23.2. The van der Waals surface area contributed by atoms with Gasteiger partial charge in [-0.1, -0.05) is 25.8 Å². The fraction of sp³-hybridized carbons (Fsp3) is 0.522. The SMILES string of the molecule is CCCCCOC(=O)C(C)(C)NP(=O)(COC(C)Cn1cnc2c(N)ncnc21)NC(=O)c1cccs1. The Balaban J connectivity index is 1.70. The lowest BCUT2D eigenvalue weighted by Crippen LogP contribution is -2.49. The minimum absolute atomic E-state index is 0.268. The maximum Gasteiger partial charge on any atom is 0.326 e. The van der Waals surface area contributed by atoms with Crippen molar-refractivity contribution >= 4 is 47.6 Å². The van der Waals surface area contributed by atoms with Crippen molar-refractivity contribution in [3.63, 3.8) is 0 Å². The van der Waals surface area contributed by atoms with Gasteiger partial charge in [-0.25, -0.2) is 20.0 Å². The number of carbonyl (C=O) groups excluding carboxylic acids is 2. The summed E-state index contributed by atoms with van der Waals surface area (Å²) in [7, 11) is -3.77. The molecule has 3 heterocycles. The van der Waals surface area contributed by atoms with Gasteiger partial charge in [0.05, 0.1) is 30.5 Å². The molecule has 3 aromatic heterocycles. The molecule has 0 radical (unpaired) electrons. The number of fused-ring (bicyclic) bond motifs is 1. The number of rotatable bonds is 14. The molecule has 0 aromatic carbocycles. The number of thiophene rings is 1. The molecule has 0 aliphatic heterocycles. The molecule has 14 heteroatoms. The average Bonchev–Trinajstić information content (AvgIpc) is 3.52. The van der Waals surface area contributed by atoms with E-state index in [1.807, 2.05) is 0 Å². The van der Waals surface area contributed by atoms with E-state index in [1.54, 1.807) is 49.2 Å². The molecule has 0 fully saturated rings. The number of ether oxygens (including phenoxy) is 2. The van der Waals surface area contributed by atoms with Gasteiger partial charge in [0.15, 0.2) is 11.5 Å². The highest BCUT2D eigenvalue weighted by Crippen LogP contribution is 2.40. The molecule has 0 bridgehead atoms. The van der Waals surface area contributed by atoms with Crippen LogP contribution in [0.15, 0.2) is 30.2 Å². The molecule has 3 aromatic rings. The predicted octanol–water partition coefficient (Wildman–Crippen LogP) is 3.56. The van der Waals surface area contributed by atoms with Gasteiger partial charge in [-0.15, -0.1) is 11.3 Å². The molecule has 202 valence electrons. The molecular weight excluding hydrogens is 517 g/mol. The third-order valence-corrected chi connectivity index (χ3v) is 8.27. The first-order chi connectivity index (χ1) is 17.5. The number of hydrogen-bond donors (Lipinski definition) is 3. The number of imidazole rings is 1. The van der Waals surface area contributed by atoms with E-state index in [2.05, 4.69) is 32.1 Å². The summed E-state index contributed by atoms with van der Waals surface area (Å²) in [6, 6.07) is 3.35. The van der Waals surface area contributed by atoms with E-state index in [-0.39, 0.29) is 18.8 Å². The molecule has 0 spiro atoms. The van der Waals surface area contributed by atoms with Gasteiger partial charge in [-0.2, -0.15) is 0 Å². The first-order valence-electron chi connectivity index (χ1n) is 12.0. The predicted molar refractivity (Wildman–Crippen MR) is 142 cm³/mol. The summed E-state index contributed by atoms with van der Waals surface area (Å²) in [5.41, 5.74) is 5.53. The third-order valence-electron chi connectivity index (χ3n) is 5.40. The maximum absolute atomic E-state index is 14.0. The van der Waals surface area contributed by atoms with Gasteiger partial charge in [-0.3, -0.25) is 19.2 Å². The minimum atomic E-state index is -3.77. The molecule has 2 atom stereocenters. The van der Waals surface area contributed by atoms with Crippen molar-refractivity contribution in [1.29, 1.82) is 0 Å². The summed E-state index contributed by atoms with van der Waals surface area (Å²) >= 11 is 1.22. The van der Waals surface area contributed by atoms with Crippen LogP contribution in [0.2, 0.25) is 0 Å². The normalized spacial score (nSPS) is 14.3. The topological polar surface area (TPSA) is 163 Å². The van der Waals surface area contributed by atoms with E-state index in [9.17, 15) is 14.2 Å². The zero-order chi connectivity index (χ0) is 27.1. The molecule has 0 saturated carbocycles. The summed E-state index contributed by atoms with van der Waals surface area (Å²) in [6.45, 7) is 7.56. The van der Waals surface area contributed by atoms with Crippen LogP contribution in [0.4, 0.5) is 5.82 Å². The average molecular weight is 552 g/mol. The number of carbonyl (C=O) groups is 2. The number of nitrogens with two attached hydrogens (primary N) is 1. The van der Waals surface area contributed by atoms with Crippen LogP contribution >= 0.6 is 18.8 Å². The lowest BCUT2D eigenvalue weighted by Gasteiger charge is -2.31. The van der Waals surface area contributed by atoms with Crippen molar-refractivity contribution < 1.29 is 23.6 Å². The van der Waals surface area contributed by atoms with Crippen LogP contribution < -0.4 is 15.9 Å². The molecule has 1 amide bonds. The summed E-state index contributed by atoms with van der Waals surface area (Å²) in [4.78, 5) is 38.3. The third kappa shape index (κ3) is 7.81. The van der Waals surface area contributed by atoms with E-state index in [1.165, 1.54) is 17.7 Å². The molecule has 37 heavy (non-hydrogen) atoms. The second-order valence-electron chi connectivity index (χ2n) is 9.17. The molecular formula is C23H34N7O5PS. The molecule has 12 nitrogen and oxygen atoms in total. The standard InChI is InChI=1S/C23H34N7O5PS/c1-5-6-7-10-34-22(32)23(3,4)29-36(33,28-21(31)17-9-8-11-37-17)15-35-16(2)12-30-14-27-18-19(24)25-13-26-20(18)30/h8-9,11,13-14,16H,5-7,10,12,15H2,1-4H3,(H2,24,25,26)(H2,28,29,31,33). The maximum atomic E-state index is 14.0. The summed E-state index contributed by atoms with van der Waals surface area (Å²) in [5, 5.41) is 7.13. The highest BCUT2D eigenvalue weighted by molar-refractivity contribution is 7.60. The van der Waals surface area contributed by atoms with Gasteiger partial charge in [-0.05, 0) is 38.6 Å². The quantitative estimate of drug-likeness (QED) is 0.153. The van der Waals surface area contributed by atoms with E-state index >= 15 is 0 Å². The monoisotopic (exact) mass is 551 g/mol. The molecule has 2 unspecified atom stereocenters. The van der Waals surface area contributed by atoms with Crippen molar-refractivity contribution in [2.75, 3.05) is 18.7 Å². The zero-order valence-electron chi connectivity index (χ0n) is 21.5. The Kier molecular flexibility index (Phi) is 9.77. The van der Waals surface area contributed by atoms with Gasteiger partial charge in [0.1, 0.15) is 23.7 Å². The summed E-state index contributed by atoms with van der Waals surface area (Å²) in [6.07, 6.45) is 4.78. The molecule has 4 N–H and O–H groups in total. The fourth-order valence-corrected chi connectivity index (χ4v) is 6.29. The van der Waals surface area contributed by atoms with Crippen LogP contribution in [0.1, 0.15) is 56.6 Å². The number of nitrogens with zero attached hydrogens (tertiary/aromatic N) is 4. The van der Waals surface area contributed by atoms with Gasteiger partial charge in [0, 0.05) is 0 Å². The van der Waals surface area contributed by atoms with E-state index in [0.717, 1.165) is 19.3 Å². The fourth-order valence-electron chi connectivity index (χ4n) is 3.51. The smallest absolute Gasteiger partial charge is 0.326 e. The number of esters is 1. The van der Waals surface area contributed by atoms with Gasteiger partial charge in [0.25, 0.3) is 13.4 Å². The Bertz CT molecular complexity index is 1250. The molecule has 0 saturated heterocycles. The number of amides is 1. The van der Waals surface area contributed by atoms with Crippen LogP contribution in [-0.2, 0) is 25.4 Å². The van der Waals surface area contributed by atoms with Crippen molar-refractivity contribution in [1.82, 2.24) is 29.7 Å². The minimum Gasteiger partial charge on any atom is -0.464 e. The number of anilines is 1. The number of unbranched alkanes of at least 4 members (excludes halogenated alkanes) is 2. The van der Waals surface area contributed by atoms with Crippen LogP contribution in [0.5, 0.6) is 0 Å². The van der Waals surface area contributed by atoms with Gasteiger partial charge < -0.3 is 19.8 Å². The number of nitrogen functional groups attached to an aromatic ring is 1. The van der Waals surface area contributed by atoms with Crippen LogP contribution in [-0.4, -0.2) is 56.0 Å². The summed E-state index contributed by atoms with van der Waals surface area (Å²) < 4.78 is 27.0. The first kappa shape index (κ1) is 28.7.